The summed E-state index contributed by atoms with van der Waals surface area (Å²) in [4.78, 5) is 26.9. The minimum absolute atomic E-state index is 0.182. The number of nitrogens with zero attached hydrogens (tertiary/aromatic N) is 1. The van der Waals surface area contributed by atoms with E-state index in [4.69, 9.17) is 4.74 Å². The fourth-order valence-electron chi connectivity index (χ4n) is 3.09. The van der Waals surface area contributed by atoms with E-state index >= 15 is 0 Å². The molecule has 0 aromatic heterocycles. The third kappa shape index (κ3) is 6.29. The van der Waals surface area contributed by atoms with Gasteiger partial charge >= 0.3 is 0 Å². The third-order valence-corrected chi connectivity index (χ3v) is 5.49. The van der Waals surface area contributed by atoms with Crippen LogP contribution in [-0.4, -0.2) is 36.4 Å². The van der Waals surface area contributed by atoms with Crippen molar-refractivity contribution in [2.24, 2.45) is 0 Å². The molecule has 2 amide bonds. The number of carbonyl (C=O) groups excluding carboxylic acids is 2. The van der Waals surface area contributed by atoms with Crippen molar-refractivity contribution in [1.82, 2.24) is 10.2 Å². The van der Waals surface area contributed by atoms with Crippen LogP contribution in [0.25, 0.3) is 0 Å². The average Bonchev–Trinajstić information content (AvgIpc) is 2.73. The minimum Gasteiger partial charge on any atom is -0.483 e. The monoisotopic (exact) mass is 478 g/mol. The number of benzene rings is 2. The molecule has 0 aliphatic rings. The molecule has 0 spiro atoms. The Morgan fingerprint density at radius 3 is 2.37 bits per heavy atom. The molecular formula is C23H28BrFN2O3. The highest BCUT2D eigenvalue weighted by Gasteiger charge is 2.28. The molecule has 1 atom stereocenters. The normalized spacial score (nSPS) is 11.8. The molecule has 162 valence electrons. The molecule has 0 fully saturated rings. The Balaban J connectivity index is 2.19. The maximum atomic E-state index is 13.2. The molecule has 1 N–H and O–H groups in total. The summed E-state index contributed by atoms with van der Waals surface area (Å²) in [6, 6.07) is 11.0. The van der Waals surface area contributed by atoms with E-state index in [1.807, 2.05) is 25.1 Å². The second-order valence-corrected chi connectivity index (χ2v) is 8.17. The number of halogens is 2. The zero-order chi connectivity index (χ0) is 22.3. The van der Waals surface area contributed by atoms with Crippen LogP contribution in [0, 0.1) is 5.82 Å². The average molecular weight is 479 g/mol. The molecular weight excluding hydrogens is 451 g/mol. The van der Waals surface area contributed by atoms with Gasteiger partial charge < -0.3 is 15.0 Å². The van der Waals surface area contributed by atoms with Crippen LogP contribution in [0.3, 0.4) is 0 Å². The van der Waals surface area contributed by atoms with Gasteiger partial charge in [-0.05, 0) is 63.7 Å². The van der Waals surface area contributed by atoms with E-state index in [9.17, 15) is 14.0 Å². The quantitative estimate of drug-likeness (QED) is 0.570. The first-order valence-corrected chi connectivity index (χ1v) is 10.7. The number of likely N-dealkylation sites (N-methyl/N-ethyl adjacent to an activating group) is 1. The van der Waals surface area contributed by atoms with Crippen molar-refractivity contribution in [3.63, 3.8) is 0 Å². The predicted octanol–water partition coefficient (Wildman–Crippen LogP) is 4.64. The molecule has 0 saturated carbocycles. The van der Waals surface area contributed by atoms with Gasteiger partial charge in [0.25, 0.3) is 5.91 Å². The van der Waals surface area contributed by atoms with Crippen molar-refractivity contribution in [2.75, 3.05) is 13.7 Å². The number of ether oxygens (including phenoxy) is 1. The molecule has 0 saturated heterocycles. The van der Waals surface area contributed by atoms with Crippen molar-refractivity contribution < 1.29 is 18.7 Å². The summed E-state index contributed by atoms with van der Waals surface area (Å²) >= 11 is 3.49. The maximum absolute atomic E-state index is 13.2. The summed E-state index contributed by atoms with van der Waals surface area (Å²) in [5, 5.41) is 2.60. The van der Waals surface area contributed by atoms with Gasteiger partial charge in [0.05, 0.1) is 4.47 Å². The van der Waals surface area contributed by atoms with E-state index in [1.165, 1.54) is 24.1 Å². The van der Waals surface area contributed by atoms with Crippen molar-refractivity contribution in [2.45, 2.75) is 45.7 Å². The van der Waals surface area contributed by atoms with Crippen LogP contribution in [0.5, 0.6) is 5.75 Å². The summed E-state index contributed by atoms with van der Waals surface area (Å²) in [6.07, 6.45) is 0.444. The lowest BCUT2D eigenvalue weighted by Gasteiger charge is -2.30. The number of rotatable bonds is 9. The lowest BCUT2D eigenvalue weighted by Crippen LogP contribution is -2.49. The molecule has 0 bridgehead atoms. The Bertz CT molecular complexity index is 871. The van der Waals surface area contributed by atoms with Crippen LogP contribution >= 0.6 is 15.9 Å². The topological polar surface area (TPSA) is 58.6 Å². The van der Waals surface area contributed by atoms with Crippen molar-refractivity contribution >= 4 is 27.7 Å². The number of nitrogens with one attached hydrogen (secondary N) is 1. The fourth-order valence-corrected chi connectivity index (χ4v) is 3.60. The van der Waals surface area contributed by atoms with Gasteiger partial charge in [-0.2, -0.15) is 0 Å². The van der Waals surface area contributed by atoms with E-state index in [1.54, 1.807) is 12.1 Å². The van der Waals surface area contributed by atoms with Crippen LogP contribution in [0.15, 0.2) is 46.9 Å². The molecule has 7 heteroatoms. The van der Waals surface area contributed by atoms with Gasteiger partial charge in [-0.1, -0.05) is 39.0 Å². The SMILES string of the molecule is CC[C@@H](C(=O)NC)N(Cc1ccc(F)cc1)C(=O)COc1ccc(C(C)C)cc1Br. The summed E-state index contributed by atoms with van der Waals surface area (Å²) in [7, 11) is 1.54. The standard InChI is InChI=1S/C23H28BrFN2O3/c1-5-20(23(29)26-4)27(13-16-6-9-18(25)10-7-16)22(28)14-30-21-11-8-17(15(2)3)12-19(21)24/h6-12,15,20H,5,13-14H2,1-4H3,(H,26,29)/t20-/m0/s1. The number of amides is 2. The zero-order valence-corrected chi connectivity index (χ0v) is 19.3. The second kappa shape index (κ2) is 11.1. The molecule has 0 aliphatic carbocycles. The summed E-state index contributed by atoms with van der Waals surface area (Å²) in [5.74, 6) is 0.00145. The Morgan fingerprint density at radius 1 is 1.17 bits per heavy atom. The Morgan fingerprint density at radius 2 is 1.83 bits per heavy atom. The van der Waals surface area contributed by atoms with Gasteiger partial charge in [-0.25, -0.2) is 4.39 Å². The van der Waals surface area contributed by atoms with Gasteiger partial charge in [0.2, 0.25) is 5.91 Å². The van der Waals surface area contributed by atoms with E-state index in [0.717, 1.165) is 15.6 Å². The van der Waals surface area contributed by atoms with E-state index < -0.39 is 6.04 Å². The maximum Gasteiger partial charge on any atom is 0.261 e. The van der Waals surface area contributed by atoms with Gasteiger partial charge in [0, 0.05) is 13.6 Å². The fraction of sp³-hybridized carbons (Fsp3) is 0.391. The van der Waals surface area contributed by atoms with Gasteiger partial charge in [0.15, 0.2) is 6.61 Å². The zero-order valence-electron chi connectivity index (χ0n) is 17.7. The van der Waals surface area contributed by atoms with Gasteiger partial charge in [-0.15, -0.1) is 0 Å². The first kappa shape index (κ1) is 23.9. The number of hydrogen-bond donors (Lipinski definition) is 1. The van der Waals surface area contributed by atoms with Crippen LogP contribution < -0.4 is 10.1 Å². The highest BCUT2D eigenvalue weighted by Crippen LogP contribution is 2.29. The Labute approximate surface area is 185 Å². The molecule has 2 aromatic rings. The Kier molecular flexibility index (Phi) is 8.84. The highest BCUT2D eigenvalue weighted by atomic mass is 79.9. The van der Waals surface area contributed by atoms with Gasteiger partial charge in [0.1, 0.15) is 17.6 Å². The first-order chi connectivity index (χ1) is 14.3. The number of hydrogen-bond acceptors (Lipinski definition) is 3. The second-order valence-electron chi connectivity index (χ2n) is 7.32. The van der Waals surface area contributed by atoms with Crippen LogP contribution in [0.1, 0.15) is 44.2 Å². The van der Waals surface area contributed by atoms with Crippen molar-refractivity contribution in [3.05, 3.63) is 63.9 Å². The molecule has 0 heterocycles. The first-order valence-electron chi connectivity index (χ1n) is 9.94. The van der Waals surface area contributed by atoms with E-state index in [2.05, 4.69) is 35.1 Å². The highest BCUT2D eigenvalue weighted by molar-refractivity contribution is 9.10. The van der Waals surface area contributed by atoms with Crippen LogP contribution in [0.4, 0.5) is 4.39 Å². The lowest BCUT2D eigenvalue weighted by atomic mass is 10.0. The Hall–Kier alpha value is -2.41. The largest absolute Gasteiger partial charge is 0.483 e. The molecule has 2 aromatic carbocycles. The molecule has 0 unspecified atom stereocenters. The molecule has 2 rings (SSSR count). The summed E-state index contributed by atoms with van der Waals surface area (Å²) < 4.78 is 19.8. The third-order valence-electron chi connectivity index (χ3n) is 4.87. The number of carbonyl (C=O) groups is 2. The smallest absolute Gasteiger partial charge is 0.261 e. The summed E-state index contributed by atoms with van der Waals surface area (Å²) in [6.45, 7) is 6.01. The van der Waals surface area contributed by atoms with Gasteiger partial charge in [-0.3, -0.25) is 9.59 Å². The summed E-state index contributed by atoms with van der Waals surface area (Å²) in [5.41, 5.74) is 1.89. The van der Waals surface area contributed by atoms with E-state index in [-0.39, 0.29) is 30.8 Å². The predicted molar refractivity (Wildman–Crippen MR) is 119 cm³/mol. The van der Waals surface area contributed by atoms with Crippen LogP contribution in [0.2, 0.25) is 0 Å². The van der Waals surface area contributed by atoms with Crippen molar-refractivity contribution in [3.8, 4) is 5.75 Å². The molecule has 0 radical (unpaired) electrons. The molecule has 0 aliphatic heterocycles. The molecule has 5 nitrogen and oxygen atoms in total. The minimum atomic E-state index is -0.650. The molecule has 30 heavy (non-hydrogen) atoms. The van der Waals surface area contributed by atoms with Crippen LogP contribution in [-0.2, 0) is 16.1 Å². The van der Waals surface area contributed by atoms with Crippen molar-refractivity contribution in [1.29, 1.82) is 0 Å². The van der Waals surface area contributed by atoms with E-state index in [0.29, 0.717) is 18.1 Å². The lowest BCUT2D eigenvalue weighted by molar-refractivity contribution is -0.142.